The van der Waals surface area contributed by atoms with Gasteiger partial charge in [-0.3, -0.25) is 14.9 Å². The van der Waals surface area contributed by atoms with Gasteiger partial charge in [-0.2, -0.15) is 0 Å². The van der Waals surface area contributed by atoms with Gasteiger partial charge >= 0.3 is 20.1 Å². The van der Waals surface area contributed by atoms with Crippen LogP contribution in [0.5, 0.6) is 0 Å². The predicted octanol–water partition coefficient (Wildman–Crippen LogP) is 2.08. The molecule has 0 saturated carbocycles. The van der Waals surface area contributed by atoms with Crippen molar-refractivity contribution in [3.63, 3.8) is 0 Å². The Labute approximate surface area is 169 Å². The van der Waals surface area contributed by atoms with Crippen molar-refractivity contribution in [1.29, 1.82) is 0 Å². The molecule has 0 saturated heterocycles. The summed E-state index contributed by atoms with van der Waals surface area (Å²) in [5.41, 5.74) is 2.26. The van der Waals surface area contributed by atoms with E-state index >= 15 is 0 Å². The van der Waals surface area contributed by atoms with E-state index in [0.29, 0.717) is 0 Å². The van der Waals surface area contributed by atoms with Gasteiger partial charge in [0.05, 0.1) is 11.4 Å². The van der Waals surface area contributed by atoms with Gasteiger partial charge in [-0.15, -0.1) is 0 Å². The topological polar surface area (TPSA) is 80.2 Å². The van der Waals surface area contributed by atoms with Crippen molar-refractivity contribution in [1.82, 2.24) is 14.9 Å². The van der Waals surface area contributed by atoms with E-state index in [9.17, 15) is 0 Å². The Hall–Kier alpha value is -2.08. The molecule has 0 aliphatic rings. The van der Waals surface area contributed by atoms with Crippen molar-refractivity contribution in [2.45, 2.75) is 39.4 Å². The Kier molecular flexibility index (Phi) is 19.6. The van der Waals surface area contributed by atoms with E-state index in [2.05, 4.69) is 68.1 Å². The summed E-state index contributed by atoms with van der Waals surface area (Å²) in [5.74, 6) is 0. The van der Waals surface area contributed by atoms with E-state index in [0.717, 1.165) is 24.5 Å². The van der Waals surface area contributed by atoms with Crippen molar-refractivity contribution in [3.8, 4) is 0 Å². The molecule has 0 aromatic carbocycles. The number of rotatable bonds is 4. The molecule has 0 fully saturated rings. The first-order valence-electron chi connectivity index (χ1n) is 7.22. The van der Waals surface area contributed by atoms with Crippen LogP contribution >= 0.6 is 0 Å². The third-order valence-corrected chi connectivity index (χ3v) is 3.11. The van der Waals surface area contributed by atoms with Gasteiger partial charge in [0.15, 0.2) is 0 Å². The SMILES string of the molecule is CC(C)(C)N(Cc1ccccn1)Cc1ccccn1.[C-]=O.[C-]=O.[C-]=O.[Tc+4]. The molecule has 2 aromatic rings. The molecule has 0 atom stereocenters. The molecule has 136 valence electrons. The molecule has 0 aliphatic carbocycles. The summed E-state index contributed by atoms with van der Waals surface area (Å²) in [4.78, 5) is 33.7. The number of aromatic nitrogens is 2. The summed E-state index contributed by atoms with van der Waals surface area (Å²) in [5, 5.41) is 0. The van der Waals surface area contributed by atoms with Gasteiger partial charge in [-0.25, -0.2) is 0 Å². The fraction of sp³-hybridized carbons (Fsp3) is 0.316. The Balaban J connectivity index is -0.000000686. The average molecular weight is 437 g/mol. The minimum absolute atomic E-state index is 0. The molecular weight excluding hydrogens is 416 g/mol. The molecule has 2 heterocycles. The maximum absolute atomic E-state index is 7.50. The molecule has 0 unspecified atom stereocenters. The van der Waals surface area contributed by atoms with Crippen LogP contribution in [0.15, 0.2) is 48.8 Å². The van der Waals surface area contributed by atoms with E-state index in [1.54, 1.807) is 0 Å². The van der Waals surface area contributed by atoms with Crippen LogP contribution < -0.4 is 0 Å². The van der Waals surface area contributed by atoms with Crippen LogP contribution in [0.3, 0.4) is 0 Å². The van der Waals surface area contributed by atoms with Crippen LogP contribution in [0.1, 0.15) is 32.2 Å². The summed E-state index contributed by atoms with van der Waals surface area (Å²) in [6.45, 7) is 21.8. The summed E-state index contributed by atoms with van der Waals surface area (Å²) in [7, 11) is 0. The van der Waals surface area contributed by atoms with Gasteiger partial charge in [-0.1, -0.05) is 12.1 Å². The molecule has 0 aliphatic heterocycles. The van der Waals surface area contributed by atoms with Crippen molar-refractivity contribution in [2.24, 2.45) is 0 Å². The van der Waals surface area contributed by atoms with E-state index < -0.39 is 0 Å². The fourth-order valence-corrected chi connectivity index (χ4v) is 1.90. The van der Waals surface area contributed by atoms with Crippen LogP contribution in [0.2, 0.25) is 0 Å². The maximum atomic E-state index is 7.50. The maximum Gasteiger partial charge on any atom is 4.00 e. The molecule has 4 radical (unpaired) electrons. The Bertz CT molecular complexity index is 505. The van der Waals surface area contributed by atoms with Gasteiger partial charge in [0, 0.05) is 31.0 Å². The van der Waals surface area contributed by atoms with Gasteiger partial charge in [0.2, 0.25) is 0 Å². The second kappa shape index (κ2) is 17.7. The van der Waals surface area contributed by atoms with Crippen LogP contribution in [0, 0.1) is 0 Å². The Morgan fingerprint density at radius 3 is 1.35 bits per heavy atom. The largest absolute Gasteiger partial charge is 4.00 e. The molecule has 6 nitrogen and oxygen atoms in total. The van der Waals surface area contributed by atoms with Crippen LogP contribution in [-0.2, 0) is 47.6 Å². The third-order valence-electron chi connectivity index (χ3n) is 3.11. The van der Waals surface area contributed by atoms with E-state index in [-0.39, 0.29) is 25.6 Å². The van der Waals surface area contributed by atoms with Gasteiger partial charge in [0.1, 0.15) is 0 Å². The molecule has 0 bridgehead atoms. The molecule has 0 spiro atoms. The zero-order valence-electron chi connectivity index (χ0n) is 15.0. The quantitative estimate of drug-likeness (QED) is 0.682. The standard InChI is InChI=1S/C16H21N3.3CO.Tc/c1-16(2,3)19(12-14-8-4-6-10-17-14)13-15-9-5-7-11-18-15;3*1-2;/h4-11H,12-13H2,1-3H3;;;;/q;3*-1;+4. The van der Waals surface area contributed by atoms with Gasteiger partial charge in [-0.05, 0) is 45.0 Å². The molecule has 26 heavy (non-hydrogen) atoms. The first-order valence-corrected chi connectivity index (χ1v) is 7.22. The van der Waals surface area contributed by atoms with E-state index in [4.69, 9.17) is 14.4 Å². The number of pyridine rings is 2. The van der Waals surface area contributed by atoms with Crippen molar-refractivity contribution < 1.29 is 34.5 Å². The average Bonchev–Trinajstić information content (AvgIpc) is 2.67. The van der Waals surface area contributed by atoms with Crippen molar-refractivity contribution in [3.05, 3.63) is 60.2 Å². The number of carbonyl (C=O) groups excluding carboxylic acids is 3. The summed E-state index contributed by atoms with van der Waals surface area (Å²) in [6, 6.07) is 12.1. The second-order valence-corrected chi connectivity index (χ2v) is 5.67. The molecule has 2 rings (SSSR count). The number of hydrogen-bond acceptors (Lipinski definition) is 6. The molecule has 0 amide bonds. The minimum Gasteiger partial charge on any atom is -0.573 e. The first kappa shape index (κ1) is 28.7. The van der Waals surface area contributed by atoms with E-state index in [1.165, 1.54) is 0 Å². The molecule has 7 heteroatoms. The number of nitrogens with zero attached hydrogens (tertiary/aromatic N) is 3. The second-order valence-electron chi connectivity index (χ2n) is 5.67. The fourth-order valence-electron chi connectivity index (χ4n) is 1.90. The van der Waals surface area contributed by atoms with Crippen molar-refractivity contribution >= 4 is 20.4 Å². The smallest absolute Gasteiger partial charge is 0.573 e. The van der Waals surface area contributed by atoms with Crippen LogP contribution in [0.25, 0.3) is 0 Å². The van der Waals surface area contributed by atoms with Crippen LogP contribution in [-0.4, -0.2) is 40.8 Å². The summed E-state index contributed by atoms with van der Waals surface area (Å²) in [6.07, 6.45) is 3.69. The summed E-state index contributed by atoms with van der Waals surface area (Å²) < 4.78 is 0. The monoisotopic (exact) mass is 436 g/mol. The molecule has 0 N–H and O–H groups in total. The Morgan fingerprint density at radius 2 is 1.12 bits per heavy atom. The van der Waals surface area contributed by atoms with Crippen molar-refractivity contribution in [2.75, 3.05) is 0 Å². The molecule has 2 aromatic heterocycles. The van der Waals surface area contributed by atoms with Gasteiger partial charge < -0.3 is 34.8 Å². The summed E-state index contributed by atoms with van der Waals surface area (Å²) >= 11 is 0. The molecular formula is C19H21N3O3Tc+. The van der Waals surface area contributed by atoms with E-state index in [1.807, 2.05) is 36.7 Å². The Morgan fingerprint density at radius 1 is 0.769 bits per heavy atom. The predicted molar refractivity (Wildman–Crippen MR) is 94.6 cm³/mol. The zero-order chi connectivity index (χ0) is 19.7. The first-order chi connectivity index (χ1) is 12.1. The number of hydrogen-bond donors (Lipinski definition) is 0. The normalized spacial score (nSPS) is 9.08. The third kappa shape index (κ3) is 12.3. The zero-order valence-corrected chi connectivity index (χ0v) is 16.8. The van der Waals surface area contributed by atoms with Gasteiger partial charge in [0.25, 0.3) is 0 Å². The van der Waals surface area contributed by atoms with Crippen LogP contribution in [0.4, 0.5) is 0 Å². The minimum atomic E-state index is 0.